The van der Waals surface area contributed by atoms with Gasteiger partial charge in [0, 0.05) is 19.0 Å². The number of carboxylic acid groups (broad SMARTS) is 1. The second kappa shape index (κ2) is 5.30. The van der Waals surface area contributed by atoms with Crippen LogP contribution in [0.5, 0.6) is 5.75 Å². The summed E-state index contributed by atoms with van der Waals surface area (Å²) in [6.07, 6.45) is 0. The van der Waals surface area contributed by atoms with Crippen molar-refractivity contribution in [3.63, 3.8) is 0 Å². The minimum absolute atomic E-state index is 0.0755. The monoisotopic (exact) mass is 257 g/mol. The summed E-state index contributed by atoms with van der Waals surface area (Å²) in [5, 5.41) is 12.1. The maximum absolute atomic E-state index is 12.0. The molecule has 2 unspecified atom stereocenters. The van der Waals surface area contributed by atoms with E-state index in [2.05, 4.69) is 10.1 Å². The summed E-state index contributed by atoms with van der Waals surface area (Å²) >= 11 is 0. The first-order valence-electron chi connectivity index (χ1n) is 5.56. The van der Waals surface area contributed by atoms with Gasteiger partial charge in [0.2, 0.25) is 0 Å². The maximum Gasteiger partial charge on any atom is 0.387 e. The highest BCUT2D eigenvalue weighted by Crippen LogP contribution is 2.29. The number of rotatable bonds is 4. The van der Waals surface area contributed by atoms with Crippen molar-refractivity contribution >= 4 is 5.97 Å². The average molecular weight is 257 g/mol. The van der Waals surface area contributed by atoms with E-state index < -0.39 is 18.5 Å². The molecule has 0 radical (unpaired) electrons. The molecular weight excluding hydrogens is 244 g/mol. The lowest BCUT2D eigenvalue weighted by molar-refractivity contribution is -0.141. The van der Waals surface area contributed by atoms with Crippen molar-refractivity contribution in [2.24, 2.45) is 5.92 Å². The topological polar surface area (TPSA) is 58.6 Å². The Morgan fingerprint density at radius 2 is 2.00 bits per heavy atom. The molecule has 1 aromatic rings. The Morgan fingerprint density at radius 1 is 1.33 bits per heavy atom. The quantitative estimate of drug-likeness (QED) is 0.861. The van der Waals surface area contributed by atoms with Gasteiger partial charge in [-0.2, -0.15) is 8.78 Å². The highest BCUT2D eigenvalue weighted by molar-refractivity contribution is 5.72. The zero-order valence-corrected chi connectivity index (χ0v) is 9.48. The van der Waals surface area contributed by atoms with E-state index in [1.54, 1.807) is 12.1 Å². The Balaban J connectivity index is 2.11. The predicted molar refractivity (Wildman–Crippen MR) is 59.8 cm³/mol. The van der Waals surface area contributed by atoms with Gasteiger partial charge in [0.15, 0.2) is 0 Å². The number of benzene rings is 1. The van der Waals surface area contributed by atoms with Crippen LogP contribution in [0.3, 0.4) is 0 Å². The first-order chi connectivity index (χ1) is 8.58. The normalized spacial score (nSPS) is 23.3. The first kappa shape index (κ1) is 12.8. The lowest BCUT2D eigenvalue weighted by atomic mass is 9.89. The highest BCUT2D eigenvalue weighted by atomic mass is 19.3. The zero-order chi connectivity index (χ0) is 13.1. The SMILES string of the molecule is O=C(O)C1CNCC1c1ccc(OC(F)F)cc1. The van der Waals surface area contributed by atoms with Crippen molar-refractivity contribution in [3.8, 4) is 5.75 Å². The summed E-state index contributed by atoms with van der Waals surface area (Å²) in [5.41, 5.74) is 0.814. The zero-order valence-electron chi connectivity index (χ0n) is 9.48. The van der Waals surface area contributed by atoms with E-state index in [4.69, 9.17) is 5.11 Å². The minimum atomic E-state index is -2.85. The van der Waals surface area contributed by atoms with Crippen LogP contribution in [0, 0.1) is 5.92 Å². The van der Waals surface area contributed by atoms with Crippen molar-refractivity contribution in [3.05, 3.63) is 29.8 Å². The maximum atomic E-state index is 12.0. The largest absolute Gasteiger partial charge is 0.481 e. The van der Waals surface area contributed by atoms with E-state index in [0.29, 0.717) is 13.1 Å². The third kappa shape index (κ3) is 2.76. The lowest BCUT2D eigenvalue weighted by Gasteiger charge is -2.15. The Labute approximate surface area is 103 Å². The molecule has 0 aromatic heterocycles. The molecule has 18 heavy (non-hydrogen) atoms. The van der Waals surface area contributed by atoms with Gasteiger partial charge in [-0.15, -0.1) is 0 Å². The minimum Gasteiger partial charge on any atom is -0.481 e. The summed E-state index contributed by atoms with van der Waals surface area (Å²) < 4.78 is 28.2. The van der Waals surface area contributed by atoms with Crippen molar-refractivity contribution in [2.45, 2.75) is 12.5 Å². The van der Waals surface area contributed by atoms with E-state index in [-0.39, 0.29) is 11.7 Å². The fourth-order valence-electron chi connectivity index (χ4n) is 2.18. The number of carbonyl (C=O) groups is 1. The van der Waals surface area contributed by atoms with Crippen LogP contribution in [-0.4, -0.2) is 30.8 Å². The van der Waals surface area contributed by atoms with Gasteiger partial charge >= 0.3 is 12.6 Å². The van der Waals surface area contributed by atoms with Crippen molar-refractivity contribution in [1.82, 2.24) is 5.32 Å². The number of alkyl halides is 2. The molecule has 1 saturated heterocycles. The van der Waals surface area contributed by atoms with Gasteiger partial charge in [-0.1, -0.05) is 12.1 Å². The third-order valence-electron chi connectivity index (χ3n) is 3.06. The Hall–Kier alpha value is -1.69. The number of halogens is 2. The molecule has 1 fully saturated rings. The van der Waals surface area contributed by atoms with Crippen LogP contribution in [0.4, 0.5) is 8.78 Å². The number of carboxylic acids is 1. The molecule has 0 spiro atoms. The van der Waals surface area contributed by atoms with Crippen molar-refractivity contribution in [1.29, 1.82) is 0 Å². The van der Waals surface area contributed by atoms with Gasteiger partial charge in [-0.05, 0) is 17.7 Å². The summed E-state index contributed by atoms with van der Waals surface area (Å²) in [5.74, 6) is -1.39. The summed E-state index contributed by atoms with van der Waals surface area (Å²) in [6, 6.07) is 6.12. The standard InChI is InChI=1S/C12H13F2NO3/c13-12(14)18-8-3-1-7(2-4-8)9-5-15-6-10(9)11(16)17/h1-4,9-10,12,15H,5-6H2,(H,16,17). The predicted octanol–water partition coefficient (Wildman–Crippen LogP) is 1.68. The molecule has 2 N–H and O–H groups in total. The second-order valence-electron chi connectivity index (χ2n) is 4.16. The number of hydrogen-bond donors (Lipinski definition) is 2. The first-order valence-corrected chi connectivity index (χ1v) is 5.56. The molecule has 1 heterocycles. The molecule has 4 nitrogen and oxygen atoms in total. The molecule has 98 valence electrons. The number of nitrogens with one attached hydrogen (secondary N) is 1. The van der Waals surface area contributed by atoms with Crippen LogP contribution in [0.25, 0.3) is 0 Å². The van der Waals surface area contributed by atoms with E-state index >= 15 is 0 Å². The number of hydrogen-bond acceptors (Lipinski definition) is 3. The van der Waals surface area contributed by atoms with E-state index in [0.717, 1.165) is 5.56 Å². The molecule has 1 aliphatic heterocycles. The van der Waals surface area contributed by atoms with Crippen molar-refractivity contribution < 1.29 is 23.4 Å². The van der Waals surface area contributed by atoms with Crippen LogP contribution >= 0.6 is 0 Å². The summed E-state index contributed by atoms with van der Waals surface area (Å²) in [6.45, 7) is -1.85. The second-order valence-corrected chi connectivity index (χ2v) is 4.16. The Bertz CT molecular complexity index is 422. The van der Waals surface area contributed by atoms with Gasteiger partial charge in [-0.25, -0.2) is 0 Å². The molecular formula is C12H13F2NO3. The van der Waals surface area contributed by atoms with E-state index in [9.17, 15) is 13.6 Å². The van der Waals surface area contributed by atoms with Gasteiger partial charge in [0.25, 0.3) is 0 Å². The van der Waals surface area contributed by atoms with Gasteiger partial charge < -0.3 is 15.2 Å². The van der Waals surface area contributed by atoms with E-state index in [1.165, 1.54) is 12.1 Å². The molecule has 2 rings (SSSR count). The van der Waals surface area contributed by atoms with Gasteiger partial charge in [-0.3, -0.25) is 4.79 Å². The molecule has 6 heteroatoms. The average Bonchev–Trinajstić information content (AvgIpc) is 2.78. The Kier molecular flexibility index (Phi) is 3.76. The smallest absolute Gasteiger partial charge is 0.387 e. The molecule has 2 atom stereocenters. The molecule has 0 amide bonds. The fourth-order valence-corrected chi connectivity index (χ4v) is 2.18. The molecule has 1 aliphatic rings. The molecule has 0 aliphatic carbocycles. The molecule has 1 aromatic carbocycles. The fraction of sp³-hybridized carbons (Fsp3) is 0.417. The van der Waals surface area contributed by atoms with Gasteiger partial charge in [0.1, 0.15) is 5.75 Å². The van der Waals surface area contributed by atoms with Crippen LogP contribution < -0.4 is 10.1 Å². The van der Waals surface area contributed by atoms with Crippen LogP contribution in [0.1, 0.15) is 11.5 Å². The Morgan fingerprint density at radius 3 is 2.56 bits per heavy atom. The third-order valence-corrected chi connectivity index (χ3v) is 3.06. The van der Waals surface area contributed by atoms with Crippen LogP contribution in [-0.2, 0) is 4.79 Å². The number of ether oxygens (including phenoxy) is 1. The van der Waals surface area contributed by atoms with Crippen LogP contribution in [0.15, 0.2) is 24.3 Å². The molecule has 0 bridgehead atoms. The summed E-state index contributed by atoms with van der Waals surface area (Å²) in [7, 11) is 0. The van der Waals surface area contributed by atoms with Crippen LogP contribution in [0.2, 0.25) is 0 Å². The molecule has 0 saturated carbocycles. The lowest BCUT2D eigenvalue weighted by Crippen LogP contribution is -2.20. The number of aliphatic carboxylic acids is 1. The summed E-state index contributed by atoms with van der Waals surface area (Å²) in [4.78, 5) is 11.0. The van der Waals surface area contributed by atoms with Gasteiger partial charge in [0.05, 0.1) is 5.92 Å². The highest BCUT2D eigenvalue weighted by Gasteiger charge is 2.33. The van der Waals surface area contributed by atoms with E-state index in [1.807, 2.05) is 0 Å². The van der Waals surface area contributed by atoms with Crippen molar-refractivity contribution in [2.75, 3.05) is 13.1 Å².